The van der Waals surface area contributed by atoms with E-state index in [2.05, 4.69) is 62.8 Å². The fraction of sp³-hybridized carbons (Fsp3) is 0.500. The number of anilines is 2. The van der Waals surface area contributed by atoms with E-state index in [0.29, 0.717) is 6.04 Å². The van der Waals surface area contributed by atoms with Crippen molar-refractivity contribution in [2.24, 2.45) is 0 Å². The molecule has 0 bridgehead atoms. The smallest absolute Gasteiger partial charge is 0.224 e. The van der Waals surface area contributed by atoms with Crippen LogP contribution >= 0.6 is 0 Å². The van der Waals surface area contributed by atoms with Gasteiger partial charge in [-0.15, -0.1) is 0 Å². The number of nitrogens with one attached hydrogen (secondary N) is 2. The highest BCUT2D eigenvalue weighted by Gasteiger charge is 2.20. The van der Waals surface area contributed by atoms with Crippen molar-refractivity contribution < 1.29 is 0 Å². The minimum absolute atomic E-state index is 0.453. The van der Waals surface area contributed by atoms with Gasteiger partial charge in [0.05, 0.1) is 0 Å². The third-order valence-electron chi connectivity index (χ3n) is 4.68. The lowest BCUT2D eigenvalue weighted by Gasteiger charge is -2.32. The molecule has 0 saturated carbocycles. The highest BCUT2D eigenvalue weighted by atomic mass is 15.2. The zero-order valence-electron chi connectivity index (χ0n) is 15.3. The van der Waals surface area contributed by atoms with Crippen LogP contribution in [-0.2, 0) is 6.54 Å². The molecular formula is C20H29N5. The van der Waals surface area contributed by atoms with Crippen LogP contribution < -0.4 is 10.6 Å². The summed E-state index contributed by atoms with van der Waals surface area (Å²) in [6.07, 6.45) is 5.24. The van der Waals surface area contributed by atoms with Gasteiger partial charge in [0.1, 0.15) is 5.82 Å². The normalized spacial score (nSPS) is 15.9. The summed E-state index contributed by atoms with van der Waals surface area (Å²) in [5.74, 6) is 1.69. The number of hydrogen-bond acceptors (Lipinski definition) is 5. The molecule has 25 heavy (non-hydrogen) atoms. The van der Waals surface area contributed by atoms with Crippen molar-refractivity contribution in [3.05, 3.63) is 47.7 Å². The molecule has 0 spiro atoms. The Hall–Kier alpha value is -2.14. The van der Waals surface area contributed by atoms with Crippen LogP contribution in [0.2, 0.25) is 0 Å². The quantitative estimate of drug-likeness (QED) is 0.806. The summed E-state index contributed by atoms with van der Waals surface area (Å²) < 4.78 is 0. The second kappa shape index (κ2) is 8.81. The van der Waals surface area contributed by atoms with Crippen molar-refractivity contribution in [1.29, 1.82) is 0 Å². The molecule has 5 heteroatoms. The van der Waals surface area contributed by atoms with Gasteiger partial charge in [0.25, 0.3) is 0 Å². The van der Waals surface area contributed by atoms with Crippen LogP contribution in [-0.4, -0.2) is 40.5 Å². The summed E-state index contributed by atoms with van der Waals surface area (Å²) in [4.78, 5) is 11.6. The van der Waals surface area contributed by atoms with Gasteiger partial charge in [-0.25, -0.2) is 4.98 Å². The Kier molecular flexibility index (Phi) is 6.23. The average Bonchev–Trinajstić information content (AvgIpc) is 2.64. The zero-order chi connectivity index (χ0) is 17.5. The van der Waals surface area contributed by atoms with Crippen molar-refractivity contribution in [2.75, 3.05) is 30.3 Å². The van der Waals surface area contributed by atoms with E-state index in [1.54, 1.807) is 0 Å². The van der Waals surface area contributed by atoms with E-state index in [4.69, 9.17) is 0 Å². The predicted molar refractivity (Wildman–Crippen MR) is 104 cm³/mol. The number of aromatic nitrogens is 2. The topological polar surface area (TPSA) is 53.1 Å². The van der Waals surface area contributed by atoms with Crippen LogP contribution in [0.5, 0.6) is 0 Å². The molecule has 2 heterocycles. The summed E-state index contributed by atoms with van der Waals surface area (Å²) in [7, 11) is 0. The van der Waals surface area contributed by atoms with Crippen LogP contribution in [0.15, 0.2) is 36.5 Å². The number of hydrogen-bond donors (Lipinski definition) is 2. The molecule has 134 valence electrons. The fourth-order valence-corrected chi connectivity index (χ4v) is 3.19. The maximum absolute atomic E-state index is 4.64. The summed E-state index contributed by atoms with van der Waals surface area (Å²) in [6.45, 7) is 8.41. The van der Waals surface area contributed by atoms with Gasteiger partial charge in [-0.05, 0) is 31.7 Å². The maximum Gasteiger partial charge on any atom is 0.224 e. The van der Waals surface area contributed by atoms with E-state index in [0.717, 1.165) is 62.8 Å². The average molecular weight is 339 g/mol. The molecule has 3 rings (SSSR count). The monoisotopic (exact) mass is 339 g/mol. The van der Waals surface area contributed by atoms with Crippen LogP contribution in [0, 0.1) is 6.92 Å². The Balaban J connectivity index is 1.50. The number of benzene rings is 1. The lowest BCUT2D eigenvalue weighted by atomic mass is 10.0. The highest BCUT2D eigenvalue weighted by Crippen LogP contribution is 2.18. The van der Waals surface area contributed by atoms with Crippen molar-refractivity contribution in [1.82, 2.24) is 14.9 Å². The molecular weight excluding hydrogens is 310 g/mol. The van der Waals surface area contributed by atoms with Crippen LogP contribution in [0.3, 0.4) is 0 Å². The molecule has 0 atom stereocenters. The Morgan fingerprint density at radius 2 is 1.92 bits per heavy atom. The van der Waals surface area contributed by atoms with Crippen LogP contribution in [0.25, 0.3) is 0 Å². The molecule has 0 aliphatic carbocycles. The lowest BCUT2D eigenvalue weighted by molar-refractivity contribution is 0.211. The predicted octanol–water partition coefficient (Wildman–Crippen LogP) is 3.68. The minimum atomic E-state index is 0.453. The first-order valence-electron chi connectivity index (χ1n) is 9.35. The van der Waals surface area contributed by atoms with Gasteiger partial charge in [0, 0.05) is 44.0 Å². The third kappa shape index (κ3) is 5.16. The largest absolute Gasteiger partial charge is 0.370 e. The third-order valence-corrected chi connectivity index (χ3v) is 4.68. The first kappa shape index (κ1) is 17.7. The summed E-state index contributed by atoms with van der Waals surface area (Å²) in [5, 5.41) is 6.90. The molecule has 0 unspecified atom stereocenters. The number of likely N-dealkylation sites (tertiary alicyclic amines) is 1. The van der Waals surface area contributed by atoms with Crippen molar-refractivity contribution >= 4 is 11.8 Å². The van der Waals surface area contributed by atoms with Crippen LogP contribution in [0.1, 0.15) is 37.3 Å². The van der Waals surface area contributed by atoms with Crippen molar-refractivity contribution in [3.8, 4) is 0 Å². The first-order chi connectivity index (χ1) is 12.2. The van der Waals surface area contributed by atoms with Gasteiger partial charge in [-0.2, -0.15) is 4.98 Å². The van der Waals surface area contributed by atoms with Crippen molar-refractivity contribution in [2.45, 2.75) is 45.7 Å². The van der Waals surface area contributed by atoms with E-state index < -0.39 is 0 Å². The van der Waals surface area contributed by atoms with E-state index >= 15 is 0 Å². The second-order valence-electron chi connectivity index (χ2n) is 6.83. The first-order valence-corrected chi connectivity index (χ1v) is 9.35. The maximum atomic E-state index is 4.64. The molecule has 0 amide bonds. The molecule has 2 aromatic rings. The Labute approximate surface area is 150 Å². The van der Waals surface area contributed by atoms with E-state index in [1.165, 1.54) is 5.56 Å². The molecule has 1 aliphatic rings. The molecule has 5 nitrogen and oxygen atoms in total. The molecule has 2 N–H and O–H groups in total. The van der Waals surface area contributed by atoms with Gasteiger partial charge < -0.3 is 10.6 Å². The molecule has 1 aliphatic heterocycles. The van der Waals surface area contributed by atoms with E-state index in [9.17, 15) is 0 Å². The fourth-order valence-electron chi connectivity index (χ4n) is 3.19. The minimum Gasteiger partial charge on any atom is -0.370 e. The van der Waals surface area contributed by atoms with Gasteiger partial charge in [0.15, 0.2) is 0 Å². The zero-order valence-corrected chi connectivity index (χ0v) is 15.3. The van der Waals surface area contributed by atoms with E-state index in [-0.39, 0.29) is 0 Å². The molecule has 1 fully saturated rings. The number of piperidine rings is 1. The molecule has 1 aromatic heterocycles. The van der Waals surface area contributed by atoms with Gasteiger partial charge >= 0.3 is 0 Å². The van der Waals surface area contributed by atoms with Gasteiger partial charge in [0.2, 0.25) is 5.95 Å². The highest BCUT2D eigenvalue weighted by molar-refractivity contribution is 5.46. The summed E-state index contributed by atoms with van der Waals surface area (Å²) >= 11 is 0. The van der Waals surface area contributed by atoms with E-state index in [1.807, 2.05) is 13.1 Å². The lowest BCUT2D eigenvalue weighted by Crippen LogP contribution is -2.39. The SMILES string of the molecule is CCCNc1nc(NC2CCN(Cc3ccccc3)CC2)ncc1C. The number of rotatable bonds is 7. The number of aryl methyl sites for hydroxylation is 1. The Morgan fingerprint density at radius 3 is 2.64 bits per heavy atom. The van der Waals surface area contributed by atoms with Gasteiger partial charge in [-0.3, -0.25) is 4.90 Å². The van der Waals surface area contributed by atoms with Crippen molar-refractivity contribution in [3.63, 3.8) is 0 Å². The number of nitrogens with zero attached hydrogens (tertiary/aromatic N) is 3. The Bertz CT molecular complexity index is 650. The molecule has 1 aromatic carbocycles. The Morgan fingerprint density at radius 1 is 1.16 bits per heavy atom. The van der Waals surface area contributed by atoms with Gasteiger partial charge in [-0.1, -0.05) is 37.3 Å². The summed E-state index contributed by atoms with van der Waals surface area (Å²) in [6, 6.07) is 11.2. The summed E-state index contributed by atoms with van der Waals surface area (Å²) in [5.41, 5.74) is 2.49. The standard InChI is InChI=1S/C20H29N5/c1-3-11-21-19-16(2)14-22-20(24-19)23-18-9-12-25(13-10-18)15-17-7-5-4-6-8-17/h4-8,14,18H,3,9-13,15H2,1-2H3,(H2,21,22,23,24). The second-order valence-corrected chi connectivity index (χ2v) is 6.83. The molecule has 1 saturated heterocycles. The molecule has 0 radical (unpaired) electrons. The van der Waals surface area contributed by atoms with Crippen LogP contribution in [0.4, 0.5) is 11.8 Å².